The third kappa shape index (κ3) is 2.13. The quantitative estimate of drug-likeness (QED) is 0.679. The molecule has 0 unspecified atom stereocenters. The van der Waals surface area contributed by atoms with Crippen molar-refractivity contribution in [2.24, 2.45) is 0 Å². The van der Waals surface area contributed by atoms with Crippen LogP contribution in [-0.2, 0) is 9.63 Å². The summed E-state index contributed by atoms with van der Waals surface area (Å²) in [6.07, 6.45) is 0.937. The number of ketones is 1. The van der Waals surface area contributed by atoms with Crippen molar-refractivity contribution in [1.29, 1.82) is 0 Å². The van der Waals surface area contributed by atoms with Crippen LogP contribution in [0.1, 0.15) is 40.5 Å². The van der Waals surface area contributed by atoms with E-state index in [4.69, 9.17) is 9.94 Å². The van der Waals surface area contributed by atoms with Crippen molar-refractivity contribution in [2.75, 3.05) is 6.79 Å². The number of nitrogens with zero attached hydrogens (tertiary/aromatic N) is 1. The summed E-state index contributed by atoms with van der Waals surface area (Å²) in [6.45, 7) is 7.44. The lowest BCUT2D eigenvalue weighted by Crippen LogP contribution is -2.60. The molecule has 0 aromatic rings. The highest BCUT2D eigenvalue weighted by atomic mass is 16.7. The van der Waals surface area contributed by atoms with E-state index < -0.39 is 0 Å². The summed E-state index contributed by atoms with van der Waals surface area (Å²) in [5.41, 5.74) is -0.691. The van der Waals surface area contributed by atoms with Crippen LogP contribution in [0.15, 0.2) is 0 Å². The zero-order chi connectivity index (χ0) is 11.0. The predicted octanol–water partition coefficient (Wildman–Crippen LogP) is 1.09. The van der Waals surface area contributed by atoms with E-state index in [0.29, 0.717) is 12.8 Å². The minimum atomic E-state index is -0.346. The normalized spacial score (nSPS) is 26.5. The summed E-state index contributed by atoms with van der Waals surface area (Å²) >= 11 is 0. The first kappa shape index (κ1) is 11.6. The van der Waals surface area contributed by atoms with Gasteiger partial charge in [0, 0.05) is 23.9 Å². The average Bonchev–Trinajstić information content (AvgIpc) is 1.94. The molecule has 4 heteroatoms. The van der Waals surface area contributed by atoms with Gasteiger partial charge in [-0.1, -0.05) is 0 Å². The van der Waals surface area contributed by atoms with Gasteiger partial charge in [-0.05, 0) is 27.7 Å². The number of carbonyl (C=O) groups excluding carboxylic acids is 1. The summed E-state index contributed by atoms with van der Waals surface area (Å²) in [6, 6.07) is 0. The second kappa shape index (κ2) is 3.61. The molecule has 0 saturated carbocycles. The number of hydrogen-bond donors (Lipinski definition) is 1. The number of aliphatic hydroxyl groups excluding tert-OH is 1. The molecule has 0 atom stereocenters. The molecule has 1 aliphatic rings. The molecule has 1 N–H and O–H groups in total. The van der Waals surface area contributed by atoms with E-state index in [-0.39, 0.29) is 23.7 Å². The SMILES string of the molecule is CC1(C)CC(=O)CC(C)(C)N1OCO. The van der Waals surface area contributed by atoms with Gasteiger partial charge in [0.15, 0.2) is 6.79 Å². The van der Waals surface area contributed by atoms with E-state index >= 15 is 0 Å². The van der Waals surface area contributed by atoms with Gasteiger partial charge in [-0.2, -0.15) is 5.06 Å². The first-order chi connectivity index (χ1) is 6.29. The van der Waals surface area contributed by atoms with Gasteiger partial charge in [-0.15, -0.1) is 0 Å². The van der Waals surface area contributed by atoms with Crippen LogP contribution in [0.3, 0.4) is 0 Å². The fourth-order valence-corrected chi connectivity index (χ4v) is 2.40. The molecule has 1 heterocycles. The van der Waals surface area contributed by atoms with Gasteiger partial charge < -0.3 is 5.11 Å². The monoisotopic (exact) mass is 201 g/mol. The first-order valence-electron chi connectivity index (χ1n) is 4.85. The minimum Gasteiger partial charge on any atom is -0.369 e. The van der Waals surface area contributed by atoms with Gasteiger partial charge in [0.25, 0.3) is 0 Å². The Bertz CT molecular complexity index is 216. The van der Waals surface area contributed by atoms with Crippen molar-refractivity contribution in [3.05, 3.63) is 0 Å². The summed E-state index contributed by atoms with van der Waals surface area (Å²) < 4.78 is 0. The summed E-state index contributed by atoms with van der Waals surface area (Å²) in [7, 11) is 0. The highest BCUT2D eigenvalue weighted by molar-refractivity contribution is 5.81. The van der Waals surface area contributed by atoms with Crippen LogP contribution in [0, 0.1) is 0 Å². The topological polar surface area (TPSA) is 49.8 Å². The van der Waals surface area contributed by atoms with E-state index in [9.17, 15) is 4.79 Å². The first-order valence-corrected chi connectivity index (χ1v) is 4.85. The Balaban J connectivity index is 2.90. The molecule has 0 aliphatic carbocycles. The number of piperidine rings is 1. The molecule has 1 aliphatic heterocycles. The van der Waals surface area contributed by atoms with Crippen molar-refractivity contribution in [1.82, 2.24) is 5.06 Å². The Morgan fingerprint density at radius 3 is 2.07 bits per heavy atom. The van der Waals surface area contributed by atoms with Gasteiger partial charge in [-0.25, -0.2) is 0 Å². The maximum atomic E-state index is 11.5. The number of carbonyl (C=O) groups is 1. The fraction of sp³-hybridized carbons (Fsp3) is 0.900. The molecule has 0 spiro atoms. The summed E-state index contributed by atoms with van der Waals surface area (Å²) in [4.78, 5) is 16.7. The van der Waals surface area contributed by atoms with Crippen molar-refractivity contribution in [3.63, 3.8) is 0 Å². The molecule has 0 radical (unpaired) electrons. The Kier molecular flexibility index (Phi) is 2.99. The molecule has 0 aromatic heterocycles. The predicted molar refractivity (Wildman–Crippen MR) is 52.4 cm³/mol. The molecule has 14 heavy (non-hydrogen) atoms. The lowest BCUT2D eigenvalue weighted by atomic mass is 9.81. The molecule has 0 bridgehead atoms. The van der Waals surface area contributed by atoms with Gasteiger partial charge in [0.05, 0.1) is 0 Å². The minimum absolute atomic E-state index is 0.248. The molecule has 1 fully saturated rings. The average molecular weight is 201 g/mol. The molecule has 1 saturated heterocycles. The molecule has 0 amide bonds. The van der Waals surface area contributed by atoms with Crippen molar-refractivity contribution in [2.45, 2.75) is 51.6 Å². The van der Waals surface area contributed by atoms with Gasteiger partial charge in [-0.3, -0.25) is 9.63 Å². The smallest absolute Gasteiger partial charge is 0.164 e. The van der Waals surface area contributed by atoms with Crippen LogP contribution in [0.25, 0.3) is 0 Å². The standard InChI is InChI=1S/C10H19NO3/c1-9(2)5-8(13)6-10(3,4)11(9)14-7-12/h12H,5-7H2,1-4H3. The maximum Gasteiger partial charge on any atom is 0.164 e. The van der Waals surface area contributed by atoms with E-state index in [0.717, 1.165) is 0 Å². The summed E-state index contributed by atoms with van der Waals surface area (Å²) in [5.74, 6) is 0.248. The Morgan fingerprint density at radius 2 is 1.71 bits per heavy atom. The lowest BCUT2D eigenvalue weighted by molar-refractivity contribution is -0.302. The lowest BCUT2D eigenvalue weighted by Gasteiger charge is -2.49. The molecular formula is C10H19NO3. The molecule has 0 aromatic carbocycles. The zero-order valence-corrected chi connectivity index (χ0v) is 9.33. The Morgan fingerprint density at radius 1 is 1.29 bits per heavy atom. The van der Waals surface area contributed by atoms with E-state index in [1.807, 2.05) is 27.7 Å². The molecule has 1 rings (SSSR count). The van der Waals surface area contributed by atoms with Crippen LogP contribution >= 0.6 is 0 Å². The second-order valence-corrected chi connectivity index (χ2v) is 5.07. The zero-order valence-electron chi connectivity index (χ0n) is 9.33. The highest BCUT2D eigenvalue weighted by Crippen LogP contribution is 2.36. The molecule has 4 nitrogen and oxygen atoms in total. The number of hydroxylamine groups is 2. The van der Waals surface area contributed by atoms with E-state index in [1.165, 1.54) is 0 Å². The van der Waals surface area contributed by atoms with Crippen molar-refractivity contribution >= 4 is 5.78 Å². The highest BCUT2D eigenvalue weighted by Gasteiger charge is 2.46. The summed E-state index contributed by atoms with van der Waals surface area (Å²) in [5, 5.41) is 10.5. The van der Waals surface area contributed by atoms with Crippen molar-refractivity contribution < 1.29 is 14.7 Å². The van der Waals surface area contributed by atoms with Gasteiger partial charge in [0.2, 0.25) is 0 Å². The number of hydrogen-bond acceptors (Lipinski definition) is 4. The van der Waals surface area contributed by atoms with Crippen molar-refractivity contribution in [3.8, 4) is 0 Å². The van der Waals surface area contributed by atoms with E-state index in [2.05, 4.69) is 0 Å². The van der Waals surface area contributed by atoms with Crippen LogP contribution in [0.5, 0.6) is 0 Å². The van der Waals surface area contributed by atoms with Crippen LogP contribution in [0.4, 0.5) is 0 Å². The van der Waals surface area contributed by atoms with Crippen LogP contribution in [0.2, 0.25) is 0 Å². The second-order valence-electron chi connectivity index (χ2n) is 5.07. The van der Waals surface area contributed by atoms with Crippen LogP contribution < -0.4 is 0 Å². The van der Waals surface area contributed by atoms with Crippen LogP contribution in [-0.4, -0.2) is 33.8 Å². The largest absolute Gasteiger partial charge is 0.369 e. The Hall–Kier alpha value is -0.450. The third-order valence-corrected chi connectivity index (χ3v) is 2.55. The third-order valence-electron chi connectivity index (χ3n) is 2.55. The number of rotatable bonds is 2. The molecule has 82 valence electrons. The van der Waals surface area contributed by atoms with E-state index in [1.54, 1.807) is 5.06 Å². The van der Waals surface area contributed by atoms with Gasteiger partial charge in [0.1, 0.15) is 5.78 Å². The maximum absolute atomic E-state index is 11.5. The molecular weight excluding hydrogens is 182 g/mol. The number of Topliss-reactive ketones (excluding diaryl/α,β-unsaturated/α-hetero) is 1. The number of aliphatic hydroxyl groups is 1. The Labute approximate surface area is 84.8 Å². The van der Waals surface area contributed by atoms with Gasteiger partial charge >= 0.3 is 0 Å². The fourth-order valence-electron chi connectivity index (χ4n) is 2.40.